The van der Waals surface area contributed by atoms with Crippen molar-refractivity contribution in [2.45, 2.75) is 103 Å². The van der Waals surface area contributed by atoms with Crippen LogP contribution in [0.5, 0.6) is 0 Å². The Morgan fingerprint density at radius 1 is 0.719 bits per heavy atom. The predicted octanol–water partition coefficient (Wildman–Crippen LogP) is 8.00. The number of piperidine rings is 1. The molecule has 176 valence electrons. The Morgan fingerprint density at radius 3 is 1.81 bits per heavy atom. The topological polar surface area (TPSA) is 32.3 Å². The molecule has 0 saturated carbocycles. The Morgan fingerprint density at radius 2 is 1.25 bits per heavy atom. The van der Waals surface area contributed by atoms with Crippen molar-refractivity contribution in [2.24, 2.45) is 11.8 Å². The highest BCUT2D eigenvalue weighted by Crippen LogP contribution is 2.50. The van der Waals surface area contributed by atoms with Gasteiger partial charge in [-0.25, -0.2) is 0 Å². The van der Waals surface area contributed by atoms with Crippen LogP contribution in [0.25, 0.3) is 0 Å². The Hall–Kier alpha value is -1.64. The Labute approximate surface area is 196 Å². The van der Waals surface area contributed by atoms with Gasteiger partial charge in [0.1, 0.15) is 0 Å². The number of aliphatic hydroxyl groups is 1. The van der Waals surface area contributed by atoms with Crippen LogP contribution in [-0.4, -0.2) is 10.7 Å². The van der Waals surface area contributed by atoms with Crippen molar-refractivity contribution >= 4 is 0 Å². The Bertz CT molecular complexity index is 761. The maximum atomic E-state index is 12.4. The van der Waals surface area contributed by atoms with E-state index in [2.05, 4.69) is 86.8 Å². The highest BCUT2D eigenvalue weighted by molar-refractivity contribution is 5.28. The van der Waals surface area contributed by atoms with Crippen LogP contribution < -0.4 is 5.32 Å². The van der Waals surface area contributed by atoms with Gasteiger partial charge in [0.05, 0.1) is 5.60 Å². The van der Waals surface area contributed by atoms with Gasteiger partial charge in [0, 0.05) is 23.9 Å². The summed E-state index contributed by atoms with van der Waals surface area (Å²) in [5, 5.41) is 16.4. The van der Waals surface area contributed by atoms with Crippen LogP contribution in [-0.2, 0) is 0 Å². The summed E-state index contributed by atoms with van der Waals surface area (Å²) < 4.78 is 0. The van der Waals surface area contributed by atoms with Crippen molar-refractivity contribution in [3.8, 4) is 0 Å². The zero-order valence-electron chi connectivity index (χ0n) is 20.6. The largest absolute Gasteiger partial charge is 0.389 e. The molecule has 1 saturated heterocycles. The standard InChI is InChI=1S/C30H45NO/c1-4-6-7-8-9-10-17-23-30(32)24(3)28(25-19-13-11-14-20-25)31-29(27(30)18-5-2)26-21-15-12-16-22-26/h11-16,19-22,24,27-29,31-32H,4-10,17-18,23H2,1-3H3/t24-,27-,28-,29+,30+/m1/s1. The SMILES string of the molecule is CCCCCCCCC[C@]1(O)[C@H](C)[C@H](c2ccccc2)N[C@@H](c2ccccc2)[C@H]1CCC. The van der Waals surface area contributed by atoms with Crippen molar-refractivity contribution in [3.63, 3.8) is 0 Å². The summed E-state index contributed by atoms with van der Waals surface area (Å²) in [5.41, 5.74) is 1.93. The average Bonchev–Trinajstić information content (AvgIpc) is 2.83. The molecule has 0 aromatic heterocycles. The molecule has 1 fully saturated rings. The lowest BCUT2D eigenvalue weighted by atomic mass is 9.62. The predicted molar refractivity (Wildman–Crippen MR) is 137 cm³/mol. The van der Waals surface area contributed by atoms with E-state index < -0.39 is 5.60 Å². The van der Waals surface area contributed by atoms with Gasteiger partial charge in [0.25, 0.3) is 0 Å². The van der Waals surface area contributed by atoms with Crippen molar-refractivity contribution in [1.29, 1.82) is 0 Å². The average molecular weight is 436 g/mol. The minimum absolute atomic E-state index is 0.157. The van der Waals surface area contributed by atoms with Crippen LogP contribution in [0.1, 0.15) is 108 Å². The Kier molecular flexibility index (Phi) is 9.81. The Balaban J connectivity index is 1.84. The lowest BCUT2D eigenvalue weighted by molar-refractivity contribution is -0.126. The zero-order valence-corrected chi connectivity index (χ0v) is 20.6. The third-order valence-electron chi connectivity index (χ3n) is 7.79. The van der Waals surface area contributed by atoms with Gasteiger partial charge in [-0.3, -0.25) is 0 Å². The highest BCUT2D eigenvalue weighted by Gasteiger charge is 2.52. The van der Waals surface area contributed by atoms with Gasteiger partial charge >= 0.3 is 0 Å². The fraction of sp³-hybridized carbons (Fsp3) is 0.600. The summed E-state index contributed by atoms with van der Waals surface area (Å²) in [6.07, 6.45) is 12.0. The third kappa shape index (κ3) is 6.02. The molecule has 1 aliphatic heterocycles. The first-order valence-electron chi connectivity index (χ1n) is 13.2. The molecule has 0 bridgehead atoms. The fourth-order valence-corrected chi connectivity index (χ4v) is 5.91. The van der Waals surface area contributed by atoms with Gasteiger partial charge in [0.15, 0.2) is 0 Å². The summed E-state index contributed by atoms with van der Waals surface area (Å²) in [6, 6.07) is 21.9. The molecule has 2 N–H and O–H groups in total. The van der Waals surface area contributed by atoms with Crippen LogP contribution >= 0.6 is 0 Å². The van der Waals surface area contributed by atoms with Crippen molar-refractivity contribution in [2.75, 3.05) is 0 Å². The van der Waals surface area contributed by atoms with Crippen LogP contribution in [0, 0.1) is 11.8 Å². The van der Waals surface area contributed by atoms with Gasteiger partial charge in [0.2, 0.25) is 0 Å². The molecule has 1 heterocycles. The quantitative estimate of drug-likeness (QED) is 0.331. The second kappa shape index (κ2) is 12.6. The van der Waals surface area contributed by atoms with E-state index in [-0.39, 0.29) is 23.9 Å². The van der Waals surface area contributed by atoms with Crippen LogP contribution in [0.2, 0.25) is 0 Å². The maximum Gasteiger partial charge on any atom is 0.0737 e. The number of hydrogen-bond acceptors (Lipinski definition) is 2. The molecule has 3 rings (SSSR count). The molecular weight excluding hydrogens is 390 g/mol. The smallest absolute Gasteiger partial charge is 0.0737 e. The van der Waals surface area contributed by atoms with E-state index in [4.69, 9.17) is 0 Å². The molecule has 0 spiro atoms. The lowest BCUT2D eigenvalue weighted by Crippen LogP contribution is -2.58. The first-order valence-corrected chi connectivity index (χ1v) is 13.2. The van der Waals surface area contributed by atoms with E-state index in [1.54, 1.807) is 0 Å². The van der Waals surface area contributed by atoms with Crippen LogP contribution in [0.15, 0.2) is 60.7 Å². The summed E-state index contributed by atoms with van der Waals surface area (Å²) >= 11 is 0. The molecule has 0 amide bonds. The van der Waals surface area contributed by atoms with E-state index >= 15 is 0 Å². The van der Waals surface area contributed by atoms with E-state index in [0.717, 1.165) is 25.7 Å². The fourth-order valence-electron chi connectivity index (χ4n) is 5.91. The van der Waals surface area contributed by atoms with Gasteiger partial charge in [-0.05, 0) is 24.0 Å². The number of hydrogen-bond donors (Lipinski definition) is 2. The van der Waals surface area contributed by atoms with Crippen molar-refractivity contribution in [3.05, 3.63) is 71.8 Å². The molecule has 32 heavy (non-hydrogen) atoms. The summed E-state index contributed by atoms with van der Waals surface area (Å²) in [6.45, 7) is 6.80. The first kappa shape index (κ1) is 25.0. The van der Waals surface area contributed by atoms with Gasteiger partial charge in [-0.2, -0.15) is 0 Å². The molecule has 0 unspecified atom stereocenters. The minimum atomic E-state index is -0.661. The van der Waals surface area contributed by atoms with Gasteiger partial charge in [-0.15, -0.1) is 0 Å². The second-order valence-corrected chi connectivity index (χ2v) is 9.99. The number of unbranched alkanes of at least 4 members (excludes halogenated alkanes) is 6. The molecule has 2 aromatic carbocycles. The number of rotatable bonds is 12. The zero-order chi connectivity index (χ0) is 22.8. The molecule has 2 nitrogen and oxygen atoms in total. The molecule has 2 heteroatoms. The van der Waals surface area contributed by atoms with Crippen LogP contribution in [0.4, 0.5) is 0 Å². The second-order valence-electron chi connectivity index (χ2n) is 9.99. The van der Waals surface area contributed by atoms with Crippen LogP contribution in [0.3, 0.4) is 0 Å². The summed E-state index contributed by atoms with van der Waals surface area (Å²) in [5.74, 6) is 0.395. The molecule has 0 radical (unpaired) electrons. The molecule has 2 aromatic rings. The monoisotopic (exact) mass is 435 g/mol. The van der Waals surface area contributed by atoms with Gasteiger partial charge in [-0.1, -0.05) is 133 Å². The summed E-state index contributed by atoms with van der Waals surface area (Å²) in [7, 11) is 0. The summed E-state index contributed by atoms with van der Waals surface area (Å²) in [4.78, 5) is 0. The molecule has 1 aliphatic rings. The minimum Gasteiger partial charge on any atom is -0.389 e. The molecule has 0 aliphatic carbocycles. The third-order valence-corrected chi connectivity index (χ3v) is 7.79. The van der Waals surface area contributed by atoms with E-state index in [9.17, 15) is 5.11 Å². The maximum absolute atomic E-state index is 12.4. The van der Waals surface area contributed by atoms with Crippen molar-refractivity contribution < 1.29 is 5.11 Å². The highest BCUT2D eigenvalue weighted by atomic mass is 16.3. The van der Waals surface area contributed by atoms with E-state index in [1.807, 2.05) is 0 Å². The van der Waals surface area contributed by atoms with E-state index in [0.29, 0.717) is 0 Å². The lowest BCUT2D eigenvalue weighted by Gasteiger charge is -2.53. The van der Waals surface area contributed by atoms with E-state index in [1.165, 1.54) is 49.7 Å². The first-order chi connectivity index (χ1) is 15.6. The number of benzene rings is 2. The number of nitrogens with one attached hydrogen (secondary N) is 1. The van der Waals surface area contributed by atoms with Gasteiger partial charge < -0.3 is 10.4 Å². The molecular formula is C30H45NO. The van der Waals surface area contributed by atoms with Crippen molar-refractivity contribution in [1.82, 2.24) is 5.32 Å². The molecule has 5 atom stereocenters. The normalized spacial score (nSPS) is 28.0.